The third-order valence-corrected chi connectivity index (χ3v) is 9.04. The summed E-state index contributed by atoms with van der Waals surface area (Å²) in [6, 6.07) is 20.6. The predicted molar refractivity (Wildman–Crippen MR) is 159 cm³/mol. The van der Waals surface area contributed by atoms with Crippen molar-refractivity contribution >= 4 is 25.1 Å². The van der Waals surface area contributed by atoms with Crippen LogP contribution >= 0.6 is 7.75 Å². The van der Waals surface area contributed by atoms with Gasteiger partial charge in [0.05, 0.1) is 18.9 Å². The molecule has 1 aliphatic rings. The number of carbonyl (C=O) groups excluding carboxylic acids is 1. The van der Waals surface area contributed by atoms with Crippen LogP contribution in [0, 0.1) is 11.3 Å². The first-order chi connectivity index (χ1) is 21.5. The van der Waals surface area contributed by atoms with E-state index in [0.29, 0.717) is 5.52 Å². The van der Waals surface area contributed by atoms with Gasteiger partial charge in [0.1, 0.15) is 41.9 Å². The number of hydrogen-bond donors (Lipinski definition) is 3. The van der Waals surface area contributed by atoms with Gasteiger partial charge in [0.15, 0.2) is 11.5 Å². The van der Waals surface area contributed by atoms with E-state index >= 15 is 4.39 Å². The molecule has 1 aliphatic heterocycles. The molecule has 236 valence electrons. The van der Waals surface area contributed by atoms with Gasteiger partial charge in [-0.15, -0.1) is 0 Å². The first-order valence-corrected chi connectivity index (χ1v) is 15.6. The highest BCUT2D eigenvalue weighted by molar-refractivity contribution is 7.52. The maximum atomic E-state index is 16.5. The van der Waals surface area contributed by atoms with Crippen molar-refractivity contribution in [1.82, 2.24) is 19.7 Å². The zero-order valence-corrected chi connectivity index (χ0v) is 25.3. The van der Waals surface area contributed by atoms with E-state index in [1.54, 1.807) is 49.4 Å². The second-order valence-corrected chi connectivity index (χ2v) is 12.1. The number of carbonyl (C=O) groups is 1. The van der Waals surface area contributed by atoms with Crippen LogP contribution in [0.15, 0.2) is 79.1 Å². The molecule has 0 bridgehead atoms. The lowest BCUT2D eigenvalue weighted by Crippen LogP contribution is -2.48. The van der Waals surface area contributed by atoms with Gasteiger partial charge in [0.25, 0.3) is 0 Å². The lowest BCUT2D eigenvalue weighted by atomic mass is 9.82. The Hall–Kier alpha value is -4.38. The zero-order valence-electron chi connectivity index (χ0n) is 24.4. The molecule has 4 aromatic rings. The highest BCUT2D eigenvalue weighted by Crippen LogP contribution is 2.52. The van der Waals surface area contributed by atoms with Crippen LogP contribution in [0.2, 0.25) is 0 Å². The number of esters is 1. The molecule has 6 atom stereocenters. The molecule has 0 radical (unpaired) electrons. The van der Waals surface area contributed by atoms with E-state index in [2.05, 4.69) is 15.2 Å². The number of alkyl halides is 1. The molecule has 3 heterocycles. The number of nitrogens with two attached hydrogens (primary N) is 1. The van der Waals surface area contributed by atoms with Crippen LogP contribution in [0.4, 0.5) is 10.2 Å². The highest BCUT2D eigenvalue weighted by Gasteiger charge is 2.67. The molecule has 0 aliphatic carbocycles. The largest absolute Gasteiger partial charge is 0.465 e. The van der Waals surface area contributed by atoms with Gasteiger partial charge in [-0.2, -0.15) is 15.4 Å². The number of hydrogen-bond acceptors (Lipinski definition) is 11. The number of para-hydroxylation sites is 1. The molecule has 4 N–H and O–H groups in total. The van der Waals surface area contributed by atoms with E-state index in [1.807, 2.05) is 12.1 Å². The maximum Gasteiger partial charge on any atom is 0.459 e. The monoisotopic (exact) mass is 638 g/mol. The van der Waals surface area contributed by atoms with Gasteiger partial charge >= 0.3 is 13.7 Å². The fourth-order valence-electron chi connectivity index (χ4n) is 5.16. The number of nitrogens with one attached hydrogen (secondary N) is 1. The summed E-state index contributed by atoms with van der Waals surface area (Å²) in [6.07, 6.45) is -2.25. The van der Waals surface area contributed by atoms with E-state index in [1.165, 1.54) is 28.8 Å². The number of nitrogens with zero attached hydrogens (tertiary/aromatic N) is 4. The first-order valence-electron chi connectivity index (χ1n) is 14.1. The normalized spacial score (nSPS) is 24.9. The summed E-state index contributed by atoms with van der Waals surface area (Å²) in [4.78, 5) is 16.9. The number of halogens is 1. The second kappa shape index (κ2) is 12.9. The molecule has 1 saturated heterocycles. The number of aromatic nitrogens is 3. The van der Waals surface area contributed by atoms with Crippen molar-refractivity contribution in [1.29, 1.82) is 5.26 Å². The summed E-state index contributed by atoms with van der Waals surface area (Å²) in [5.41, 5.74) is 1.81. The molecular weight excluding hydrogens is 606 g/mol. The molecule has 5 rings (SSSR count). The molecule has 15 heteroatoms. The van der Waals surface area contributed by atoms with Crippen LogP contribution < -0.4 is 15.3 Å². The van der Waals surface area contributed by atoms with Crippen LogP contribution in [-0.4, -0.2) is 62.8 Å². The minimum atomic E-state index is -4.48. The Morgan fingerprint density at radius 2 is 1.91 bits per heavy atom. The maximum absolute atomic E-state index is 16.5. The van der Waals surface area contributed by atoms with Crippen LogP contribution in [-0.2, 0) is 35.4 Å². The average molecular weight is 639 g/mol. The standard InChI is InChI=1S/C30H32FN6O7P/c1-3-41-28(39)22(16-20-10-6-4-7-11-20)36-45(40,44-21-12-8-5-9-13-21)42-17-24-26(38)29(2,31)30(18-32,43-24)25-15-14-23-27(33)34-19-35-37(23)25/h4-15,19,22,24,26,38H,3,16-17H2,1-2H3,(H,36,40)(H2,33,34,35)/t22-,24+,26+,29+,30-,45?/m0/s1. The summed E-state index contributed by atoms with van der Waals surface area (Å²) in [6.45, 7) is 2.01. The van der Waals surface area contributed by atoms with Gasteiger partial charge in [0.2, 0.25) is 5.60 Å². The average Bonchev–Trinajstić information content (AvgIpc) is 3.55. The van der Waals surface area contributed by atoms with Crippen molar-refractivity contribution in [2.45, 2.75) is 49.8 Å². The Morgan fingerprint density at radius 1 is 1.22 bits per heavy atom. The smallest absolute Gasteiger partial charge is 0.459 e. The topological polar surface area (TPSA) is 183 Å². The summed E-state index contributed by atoms with van der Waals surface area (Å²) in [5, 5.41) is 28.1. The SMILES string of the molecule is CCOC(=O)[C@H](Cc1ccccc1)NP(=O)(OC[C@H]1O[C@@](C#N)(c2ccc3c(N)ncnn23)[C@](C)(F)[C@@H]1O)Oc1ccccc1. The number of rotatable bonds is 12. The van der Waals surface area contributed by atoms with Gasteiger partial charge in [-0.3, -0.25) is 9.32 Å². The van der Waals surface area contributed by atoms with E-state index in [4.69, 9.17) is 24.3 Å². The van der Waals surface area contributed by atoms with Crippen molar-refractivity contribution in [3.8, 4) is 11.8 Å². The fraction of sp³-hybridized carbons (Fsp3) is 0.333. The lowest BCUT2D eigenvalue weighted by Gasteiger charge is -2.30. The van der Waals surface area contributed by atoms with E-state index in [9.17, 15) is 19.7 Å². The summed E-state index contributed by atoms with van der Waals surface area (Å²) in [5.74, 6) is -0.484. The van der Waals surface area contributed by atoms with E-state index < -0.39 is 49.8 Å². The van der Waals surface area contributed by atoms with Crippen molar-refractivity contribution in [3.05, 3.63) is 90.4 Å². The van der Waals surface area contributed by atoms with Gasteiger partial charge in [-0.25, -0.2) is 18.5 Å². The number of aliphatic hydroxyl groups is 1. The highest BCUT2D eigenvalue weighted by atomic mass is 31.2. The Bertz CT molecular complexity index is 1740. The number of ether oxygens (including phenoxy) is 2. The minimum absolute atomic E-state index is 0.0484. The molecule has 13 nitrogen and oxygen atoms in total. The number of fused-ring (bicyclic) bond motifs is 1. The van der Waals surface area contributed by atoms with E-state index in [0.717, 1.165) is 18.8 Å². The van der Waals surface area contributed by atoms with Crippen LogP contribution in [0.1, 0.15) is 25.1 Å². The second-order valence-electron chi connectivity index (χ2n) is 10.5. The van der Waals surface area contributed by atoms with Crippen LogP contribution in [0.5, 0.6) is 5.75 Å². The first kappa shape index (κ1) is 32.0. The fourth-order valence-corrected chi connectivity index (χ4v) is 6.66. The van der Waals surface area contributed by atoms with Gasteiger partial charge in [0, 0.05) is 0 Å². The number of anilines is 1. The van der Waals surface area contributed by atoms with Gasteiger partial charge in [-0.1, -0.05) is 48.5 Å². The Labute approximate surface area is 258 Å². The van der Waals surface area contributed by atoms with Crippen molar-refractivity contribution < 1.29 is 37.4 Å². The summed E-state index contributed by atoms with van der Waals surface area (Å²) in [7, 11) is -4.48. The number of nitriles is 1. The third-order valence-electron chi connectivity index (χ3n) is 7.47. The molecule has 2 aromatic carbocycles. The molecule has 0 saturated carbocycles. The lowest BCUT2D eigenvalue weighted by molar-refractivity contribution is -0.145. The van der Waals surface area contributed by atoms with Crippen LogP contribution in [0.3, 0.4) is 0 Å². The Kier molecular flexibility index (Phi) is 9.20. The Morgan fingerprint density at radius 3 is 2.58 bits per heavy atom. The van der Waals surface area contributed by atoms with Crippen LogP contribution in [0.25, 0.3) is 5.52 Å². The number of aliphatic hydroxyl groups excluding tert-OH is 1. The molecule has 0 spiro atoms. The van der Waals surface area contributed by atoms with Crippen molar-refractivity contribution in [2.24, 2.45) is 0 Å². The number of benzene rings is 2. The minimum Gasteiger partial charge on any atom is -0.465 e. The zero-order chi connectivity index (χ0) is 32.2. The van der Waals surface area contributed by atoms with Crippen molar-refractivity contribution in [2.75, 3.05) is 18.9 Å². The summed E-state index contributed by atoms with van der Waals surface area (Å²) >= 11 is 0. The third kappa shape index (κ3) is 6.26. The quantitative estimate of drug-likeness (QED) is 0.152. The molecule has 1 unspecified atom stereocenters. The Balaban J connectivity index is 1.44. The van der Waals surface area contributed by atoms with E-state index in [-0.39, 0.29) is 30.3 Å². The molecule has 45 heavy (non-hydrogen) atoms. The summed E-state index contributed by atoms with van der Waals surface area (Å²) < 4.78 is 54.6. The van der Waals surface area contributed by atoms with Gasteiger partial charge in [-0.05, 0) is 50.1 Å². The molecular formula is C30H32FN6O7P. The van der Waals surface area contributed by atoms with Gasteiger partial charge < -0.3 is 24.8 Å². The molecule has 1 fully saturated rings. The van der Waals surface area contributed by atoms with Crippen molar-refractivity contribution in [3.63, 3.8) is 0 Å². The molecule has 0 amide bonds. The number of nitrogen functional groups attached to an aromatic ring is 1. The predicted octanol–water partition coefficient (Wildman–Crippen LogP) is 3.49. The molecule has 2 aromatic heterocycles.